The van der Waals surface area contributed by atoms with Gasteiger partial charge in [-0.25, -0.2) is 5.48 Å². The fraction of sp³-hybridized carbons (Fsp3) is 0.333. The minimum atomic E-state index is -0.192. The third-order valence-electron chi connectivity index (χ3n) is 2.00. The van der Waals surface area contributed by atoms with E-state index in [1.807, 2.05) is 0 Å². The van der Waals surface area contributed by atoms with Crippen molar-refractivity contribution in [3.63, 3.8) is 0 Å². The Morgan fingerprint density at radius 3 is 2.94 bits per heavy atom. The molecule has 0 aromatic carbocycles. The van der Waals surface area contributed by atoms with Gasteiger partial charge in [0.15, 0.2) is 0 Å². The van der Waals surface area contributed by atoms with Crippen molar-refractivity contribution in [1.29, 1.82) is 0 Å². The number of nitrogens with one attached hydrogen (secondary N) is 2. The topological polar surface area (TPSA) is 120 Å². The number of hydrogen-bond donors (Lipinski definition) is 4. The molecule has 0 aliphatic carbocycles. The van der Waals surface area contributed by atoms with E-state index < -0.39 is 0 Å². The third kappa shape index (κ3) is 5.04. The number of carbonyl (C=O) groups is 1. The van der Waals surface area contributed by atoms with Crippen LogP contribution in [-0.4, -0.2) is 29.9 Å². The molecule has 0 bridgehead atoms. The number of nitrogens with zero attached hydrogens (tertiary/aromatic N) is 2. The number of aryl methyl sites for hydroxylation is 1. The fourth-order valence-corrected chi connectivity index (χ4v) is 1.27. The standard InChI is InChI=1S/C9H16N6O2.ClH/c1-15-5-7(10)4-8(15)9(16)13-3-2-12-6-14-17-11;/h4-6H,2-3,10-11H2,1H3,(H,12,14)(H,13,16);1H. The normalized spacial score (nSPS) is 10.1. The van der Waals surface area contributed by atoms with Gasteiger partial charge in [0.1, 0.15) is 12.0 Å². The van der Waals surface area contributed by atoms with Gasteiger partial charge >= 0.3 is 0 Å². The second kappa shape index (κ2) is 8.34. The van der Waals surface area contributed by atoms with Crippen LogP contribution in [0.5, 0.6) is 0 Å². The molecule has 6 N–H and O–H groups in total. The maximum Gasteiger partial charge on any atom is 0.268 e. The number of hydroxylamine groups is 1. The van der Waals surface area contributed by atoms with Gasteiger partial charge in [0.25, 0.3) is 5.91 Å². The molecule has 9 heteroatoms. The Labute approximate surface area is 111 Å². The first-order valence-electron chi connectivity index (χ1n) is 4.94. The molecule has 1 heterocycles. The number of aliphatic imine (C=N–C) groups is 1. The zero-order valence-electron chi connectivity index (χ0n) is 9.92. The maximum atomic E-state index is 11.7. The van der Waals surface area contributed by atoms with E-state index in [4.69, 9.17) is 11.6 Å². The van der Waals surface area contributed by atoms with Crippen LogP contribution in [0.4, 0.5) is 5.69 Å². The highest BCUT2D eigenvalue weighted by Gasteiger charge is 2.09. The van der Waals surface area contributed by atoms with E-state index in [2.05, 4.69) is 20.7 Å². The average Bonchev–Trinajstić information content (AvgIpc) is 2.62. The van der Waals surface area contributed by atoms with Crippen LogP contribution >= 0.6 is 12.4 Å². The van der Waals surface area contributed by atoms with Crippen LogP contribution in [0, 0.1) is 0 Å². The molecule has 0 radical (unpaired) electrons. The smallest absolute Gasteiger partial charge is 0.268 e. The van der Waals surface area contributed by atoms with Gasteiger partial charge in [-0.3, -0.25) is 9.79 Å². The molecule has 1 aromatic rings. The number of hydrogen-bond acceptors (Lipinski definition) is 5. The molecule has 0 fully saturated rings. The van der Waals surface area contributed by atoms with E-state index in [0.717, 1.165) is 0 Å². The Balaban J connectivity index is 0.00000289. The average molecular weight is 277 g/mol. The highest BCUT2D eigenvalue weighted by molar-refractivity contribution is 5.93. The number of nitrogen functional groups attached to an aromatic ring is 1. The van der Waals surface area contributed by atoms with Crippen LogP contribution in [0.2, 0.25) is 0 Å². The van der Waals surface area contributed by atoms with Crippen molar-refractivity contribution in [3.8, 4) is 0 Å². The quantitative estimate of drug-likeness (QED) is 0.234. The Kier molecular flexibility index (Phi) is 7.52. The molecule has 8 nitrogen and oxygen atoms in total. The van der Waals surface area contributed by atoms with Gasteiger partial charge in [-0.2, -0.15) is 10.8 Å². The summed E-state index contributed by atoms with van der Waals surface area (Å²) in [5, 5.41) is 2.70. The van der Waals surface area contributed by atoms with Gasteiger partial charge in [-0.15, -0.1) is 12.4 Å². The number of nitrogens with two attached hydrogens (primary N) is 2. The van der Waals surface area contributed by atoms with Crippen LogP contribution in [0.15, 0.2) is 17.3 Å². The van der Waals surface area contributed by atoms with Crippen molar-refractivity contribution in [1.82, 2.24) is 15.4 Å². The van der Waals surface area contributed by atoms with Crippen molar-refractivity contribution < 1.29 is 9.73 Å². The van der Waals surface area contributed by atoms with Gasteiger partial charge in [0, 0.05) is 19.8 Å². The molecular weight excluding hydrogens is 260 g/mol. The lowest BCUT2D eigenvalue weighted by molar-refractivity contribution is 0.0899. The monoisotopic (exact) mass is 276 g/mol. The van der Waals surface area contributed by atoms with Gasteiger partial charge in [0.05, 0.1) is 12.2 Å². The molecule has 102 valence electrons. The van der Waals surface area contributed by atoms with Crippen LogP contribution in [-0.2, 0) is 12.0 Å². The molecule has 0 saturated heterocycles. The van der Waals surface area contributed by atoms with Crippen LogP contribution in [0.3, 0.4) is 0 Å². The van der Waals surface area contributed by atoms with Crippen molar-refractivity contribution in [3.05, 3.63) is 18.0 Å². The molecule has 0 saturated carbocycles. The molecule has 0 unspecified atom stereocenters. The molecule has 1 amide bonds. The lowest BCUT2D eigenvalue weighted by atomic mass is 10.4. The summed E-state index contributed by atoms with van der Waals surface area (Å²) in [6.07, 6.45) is 2.97. The van der Waals surface area contributed by atoms with Crippen LogP contribution in [0.1, 0.15) is 10.5 Å². The number of carbonyl (C=O) groups excluding carboxylic acids is 1. The van der Waals surface area contributed by atoms with Gasteiger partial charge in [-0.05, 0) is 6.07 Å². The molecule has 0 aliphatic heterocycles. The van der Waals surface area contributed by atoms with Gasteiger partial charge in [-0.1, -0.05) is 0 Å². The molecule has 0 aliphatic rings. The van der Waals surface area contributed by atoms with E-state index in [0.29, 0.717) is 24.5 Å². The minimum Gasteiger partial charge on any atom is -0.397 e. The number of halogens is 1. The SMILES string of the molecule is Cl.Cn1cc(N)cc1C(=O)NCCN=CNON. The van der Waals surface area contributed by atoms with Gasteiger partial charge < -0.3 is 15.6 Å². The van der Waals surface area contributed by atoms with E-state index in [1.54, 1.807) is 23.9 Å². The summed E-state index contributed by atoms with van der Waals surface area (Å²) >= 11 is 0. The Morgan fingerprint density at radius 2 is 2.39 bits per heavy atom. The molecule has 18 heavy (non-hydrogen) atoms. The minimum absolute atomic E-state index is 0. The Bertz CT molecular complexity index is 406. The molecule has 1 aromatic heterocycles. The number of rotatable bonds is 6. The summed E-state index contributed by atoms with van der Waals surface area (Å²) < 4.78 is 1.66. The van der Waals surface area contributed by atoms with E-state index in [-0.39, 0.29) is 18.3 Å². The van der Waals surface area contributed by atoms with E-state index in [1.165, 1.54) is 6.34 Å². The molecule has 0 atom stereocenters. The van der Waals surface area contributed by atoms with E-state index in [9.17, 15) is 4.79 Å². The van der Waals surface area contributed by atoms with Crippen LogP contribution in [0.25, 0.3) is 0 Å². The second-order valence-corrected chi connectivity index (χ2v) is 3.30. The summed E-state index contributed by atoms with van der Waals surface area (Å²) in [5.74, 6) is 4.51. The zero-order valence-corrected chi connectivity index (χ0v) is 10.7. The van der Waals surface area contributed by atoms with Crippen molar-refractivity contribution >= 4 is 30.3 Å². The highest BCUT2D eigenvalue weighted by atomic mass is 35.5. The van der Waals surface area contributed by atoms with Crippen molar-refractivity contribution in [2.75, 3.05) is 18.8 Å². The number of aromatic nitrogens is 1. The predicted octanol–water partition coefficient (Wildman–Crippen LogP) is -0.818. The first kappa shape index (κ1) is 16.2. The molecule has 0 spiro atoms. The zero-order chi connectivity index (χ0) is 12.7. The van der Waals surface area contributed by atoms with E-state index >= 15 is 0 Å². The summed E-state index contributed by atoms with van der Waals surface area (Å²) in [7, 11) is 1.76. The summed E-state index contributed by atoms with van der Waals surface area (Å²) in [6.45, 7) is 0.828. The first-order valence-corrected chi connectivity index (χ1v) is 4.94. The summed E-state index contributed by atoms with van der Waals surface area (Å²) in [6, 6.07) is 1.61. The highest BCUT2D eigenvalue weighted by Crippen LogP contribution is 2.07. The largest absolute Gasteiger partial charge is 0.397 e. The lowest BCUT2D eigenvalue weighted by Gasteiger charge is -2.03. The molecular formula is C9H17ClN6O2. The summed E-state index contributed by atoms with van der Waals surface area (Å²) in [4.78, 5) is 19.6. The number of anilines is 1. The summed E-state index contributed by atoms with van der Waals surface area (Å²) in [5.41, 5.74) is 8.87. The second-order valence-electron chi connectivity index (χ2n) is 3.30. The predicted molar refractivity (Wildman–Crippen MR) is 71.2 cm³/mol. The van der Waals surface area contributed by atoms with Crippen molar-refractivity contribution in [2.24, 2.45) is 17.9 Å². The van der Waals surface area contributed by atoms with Gasteiger partial charge in [0.2, 0.25) is 0 Å². The van der Waals surface area contributed by atoms with Crippen LogP contribution < -0.4 is 22.4 Å². The lowest BCUT2D eigenvalue weighted by Crippen LogP contribution is -2.28. The number of amides is 1. The first-order chi connectivity index (χ1) is 8.15. The maximum absolute atomic E-state index is 11.7. The molecule has 1 rings (SSSR count). The third-order valence-corrected chi connectivity index (χ3v) is 2.00. The Morgan fingerprint density at radius 1 is 1.67 bits per heavy atom. The Hall–Kier alpha value is -1.77. The fourth-order valence-electron chi connectivity index (χ4n) is 1.27. The van der Waals surface area contributed by atoms with Crippen molar-refractivity contribution in [2.45, 2.75) is 0 Å².